The van der Waals surface area contributed by atoms with Crippen molar-refractivity contribution in [2.24, 2.45) is 0 Å². The standard InChI is InChI=1S/C18H21N3O2S/c22-17(6-8-19-18(23)15-7-13-24-14-15)21-11-9-20(10-12-21)16-4-2-1-3-5-16/h1-5,7,13-14H,6,8-12H2,(H,19,23). The fourth-order valence-corrected chi connectivity index (χ4v) is 3.43. The van der Waals surface area contributed by atoms with Gasteiger partial charge in [-0.3, -0.25) is 9.59 Å². The van der Waals surface area contributed by atoms with Crippen LogP contribution in [0.15, 0.2) is 47.2 Å². The molecular formula is C18H21N3O2S. The highest BCUT2D eigenvalue weighted by molar-refractivity contribution is 7.08. The molecule has 0 aliphatic carbocycles. The quantitative estimate of drug-likeness (QED) is 0.906. The normalized spacial score (nSPS) is 14.5. The SMILES string of the molecule is O=C(NCCC(=O)N1CCN(c2ccccc2)CC1)c1ccsc1. The number of piperazine rings is 1. The molecule has 6 heteroatoms. The van der Waals surface area contributed by atoms with Crippen molar-refractivity contribution in [1.29, 1.82) is 0 Å². The Kier molecular flexibility index (Phi) is 5.48. The second-order valence-corrected chi connectivity index (χ2v) is 6.50. The van der Waals surface area contributed by atoms with Crippen LogP contribution in [-0.2, 0) is 4.79 Å². The summed E-state index contributed by atoms with van der Waals surface area (Å²) in [5.41, 5.74) is 1.86. The molecule has 1 aliphatic heterocycles. The predicted molar refractivity (Wildman–Crippen MR) is 96.5 cm³/mol. The topological polar surface area (TPSA) is 52.7 Å². The molecule has 2 aromatic rings. The summed E-state index contributed by atoms with van der Waals surface area (Å²) in [6.07, 6.45) is 0.348. The molecule has 1 aliphatic rings. The van der Waals surface area contributed by atoms with Crippen LogP contribution < -0.4 is 10.2 Å². The van der Waals surface area contributed by atoms with Gasteiger partial charge in [0.25, 0.3) is 5.91 Å². The number of carbonyl (C=O) groups excluding carboxylic acids is 2. The first-order valence-electron chi connectivity index (χ1n) is 8.12. The highest BCUT2D eigenvalue weighted by atomic mass is 32.1. The molecular weight excluding hydrogens is 322 g/mol. The fourth-order valence-electron chi connectivity index (χ4n) is 2.79. The highest BCUT2D eigenvalue weighted by Gasteiger charge is 2.21. The fraction of sp³-hybridized carbons (Fsp3) is 0.333. The van der Waals surface area contributed by atoms with Gasteiger partial charge in [-0.15, -0.1) is 0 Å². The second kappa shape index (κ2) is 7.97. The van der Waals surface area contributed by atoms with Gasteiger partial charge in [0.15, 0.2) is 0 Å². The first kappa shape index (κ1) is 16.5. The Bertz CT molecular complexity index is 665. The van der Waals surface area contributed by atoms with Crippen molar-refractivity contribution in [2.45, 2.75) is 6.42 Å². The molecule has 2 amide bonds. The maximum atomic E-state index is 12.3. The lowest BCUT2D eigenvalue weighted by Crippen LogP contribution is -2.49. The summed E-state index contributed by atoms with van der Waals surface area (Å²) in [6.45, 7) is 3.53. The van der Waals surface area contributed by atoms with Gasteiger partial charge in [0.2, 0.25) is 5.91 Å². The minimum atomic E-state index is -0.113. The van der Waals surface area contributed by atoms with Crippen LogP contribution in [0, 0.1) is 0 Å². The number of anilines is 1. The number of thiophene rings is 1. The number of carbonyl (C=O) groups is 2. The smallest absolute Gasteiger partial charge is 0.252 e. The molecule has 0 radical (unpaired) electrons. The van der Waals surface area contributed by atoms with Gasteiger partial charge < -0.3 is 15.1 Å². The molecule has 0 spiro atoms. The van der Waals surface area contributed by atoms with Crippen LogP contribution in [0.25, 0.3) is 0 Å². The van der Waals surface area contributed by atoms with Crippen molar-refractivity contribution in [3.8, 4) is 0 Å². The van der Waals surface area contributed by atoms with Gasteiger partial charge in [-0.2, -0.15) is 11.3 Å². The Hall–Kier alpha value is -2.34. The Morgan fingerprint density at radius 1 is 1.04 bits per heavy atom. The van der Waals surface area contributed by atoms with Crippen LogP contribution in [0.3, 0.4) is 0 Å². The number of nitrogens with zero attached hydrogens (tertiary/aromatic N) is 2. The maximum absolute atomic E-state index is 12.3. The van der Waals surface area contributed by atoms with Crippen LogP contribution >= 0.6 is 11.3 Å². The second-order valence-electron chi connectivity index (χ2n) is 5.72. The lowest BCUT2D eigenvalue weighted by Gasteiger charge is -2.36. The number of benzene rings is 1. The van der Waals surface area contributed by atoms with Crippen LogP contribution in [0.2, 0.25) is 0 Å². The van der Waals surface area contributed by atoms with E-state index in [-0.39, 0.29) is 11.8 Å². The van der Waals surface area contributed by atoms with E-state index in [1.54, 1.807) is 11.4 Å². The van der Waals surface area contributed by atoms with Crippen LogP contribution in [0.5, 0.6) is 0 Å². The van der Waals surface area contributed by atoms with Gasteiger partial charge in [0, 0.05) is 55.8 Å². The molecule has 24 heavy (non-hydrogen) atoms. The molecule has 1 saturated heterocycles. The average molecular weight is 343 g/mol. The summed E-state index contributed by atoms with van der Waals surface area (Å²) in [5.74, 6) is -0.00808. The Balaban J connectivity index is 1.40. The molecule has 0 atom stereocenters. The zero-order chi connectivity index (χ0) is 16.8. The van der Waals surface area contributed by atoms with Crippen molar-refractivity contribution in [3.05, 3.63) is 52.7 Å². The van der Waals surface area contributed by atoms with Gasteiger partial charge in [0.1, 0.15) is 0 Å². The lowest BCUT2D eigenvalue weighted by atomic mass is 10.2. The van der Waals surface area contributed by atoms with Crippen molar-refractivity contribution in [2.75, 3.05) is 37.6 Å². The first-order chi connectivity index (χ1) is 11.7. The summed E-state index contributed by atoms with van der Waals surface area (Å²) < 4.78 is 0. The third-order valence-corrected chi connectivity index (χ3v) is 4.84. The number of hydrogen-bond acceptors (Lipinski definition) is 4. The third-order valence-electron chi connectivity index (χ3n) is 4.16. The molecule has 0 unspecified atom stereocenters. The van der Waals surface area contributed by atoms with E-state index < -0.39 is 0 Å². The van der Waals surface area contributed by atoms with E-state index in [0.717, 1.165) is 26.2 Å². The van der Waals surface area contributed by atoms with Crippen molar-refractivity contribution >= 4 is 28.8 Å². The molecule has 1 fully saturated rings. The van der Waals surface area contributed by atoms with Gasteiger partial charge in [-0.25, -0.2) is 0 Å². The Morgan fingerprint density at radius 2 is 1.79 bits per heavy atom. The minimum Gasteiger partial charge on any atom is -0.368 e. The van der Waals surface area contributed by atoms with E-state index in [2.05, 4.69) is 22.3 Å². The molecule has 0 saturated carbocycles. The van der Waals surface area contributed by atoms with Crippen molar-refractivity contribution in [3.63, 3.8) is 0 Å². The van der Waals surface area contributed by atoms with Gasteiger partial charge in [-0.1, -0.05) is 18.2 Å². The van der Waals surface area contributed by atoms with Gasteiger partial charge in [-0.05, 0) is 23.6 Å². The average Bonchev–Trinajstić information content (AvgIpc) is 3.17. The highest BCUT2D eigenvalue weighted by Crippen LogP contribution is 2.15. The molecule has 3 rings (SSSR count). The predicted octanol–water partition coefficient (Wildman–Crippen LogP) is 2.22. The number of rotatable bonds is 5. The molecule has 2 heterocycles. The van der Waals surface area contributed by atoms with E-state index in [1.807, 2.05) is 28.5 Å². The van der Waals surface area contributed by atoms with E-state index in [1.165, 1.54) is 17.0 Å². The van der Waals surface area contributed by atoms with E-state index >= 15 is 0 Å². The third kappa shape index (κ3) is 4.14. The summed E-state index contributed by atoms with van der Waals surface area (Å²) >= 11 is 1.49. The van der Waals surface area contributed by atoms with Crippen LogP contribution in [-0.4, -0.2) is 49.4 Å². The van der Waals surface area contributed by atoms with Gasteiger partial charge in [0.05, 0.1) is 0 Å². The molecule has 1 aromatic heterocycles. The maximum Gasteiger partial charge on any atom is 0.252 e. The largest absolute Gasteiger partial charge is 0.368 e. The number of hydrogen-bond donors (Lipinski definition) is 1. The minimum absolute atomic E-state index is 0.105. The molecule has 1 N–H and O–H groups in total. The van der Waals surface area contributed by atoms with E-state index in [0.29, 0.717) is 18.5 Å². The monoisotopic (exact) mass is 343 g/mol. The number of amides is 2. The molecule has 0 bridgehead atoms. The Labute approximate surface area is 145 Å². The summed E-state index contributed by atoms with van der Waals surface area (Å²) in [4.78, 5) is 28.3. The van der Waals surface area contributed by atoms with Gasteiger partial charge >= 0.3 is 0 Å². The van der Waals surface area contributed by atoms with Crippen LogP contribution in [0.4, 0.5) is 5.69 Å². The lowest BCUT2D eigenvalue weighted by molar-refractivity contribution is -0.131. The van der Waals surface area contributed by atoms with E-state index in [4.69, 9.17) is 0 Å². The zero-order valence-corrected chi connectivity index (χ0v) is 14.3. The number of nitrogens with one attached hydrogen (secondary N) is 1. The summed E-state index contributed by atoms with van der Waals surface area (Å²) in [6, 6.07) is 12.0. The summed E-state index contributed by atoms with van der Waals surface area (Å²) in [5, 5.41) is 6.47. The first-order valence-corrected chi connectivity index (χ1v) is 9.06. The molecule has 5 nitrogen and oxygen atoms in total. The summed E-state index contributed by atoms with van der Waals surface area (Å²) in [7, 11) is 0. The molecule has 126 valence electrons. The zero-order valence-electron chi connectivity index (χ0n) is 13.5. The number of para-hydroxylation sites is 1. The Morgan fingerprint density at radius 3 is 2.46 bits per heavy atom. The van der Waals surface area contributed by atoms with Crippen molar-refractivity contribution < 1.29 is 9.59 Å². The van der Waals surface area contributed by atoms with Crippen LogP contribution in [0.1, 0.15) is 16.8 Å². The van der Waals surface area contributed by atoms with E-state index in [9.17, 15) is 9.59 Å². The molecule has 1 aromatic carbocycles. The van der Waals surface area contributed by atoms with Crippen molar-refractivity contribution in [1.82, 2.24) is 10.2 Å².